The van der Waals surface area contributed by atoms with Crippen LogP contribution in [0.5, 0.6) is 5.75 Å². The van der Waals surface area contributed by atoms with E-state index in [1.807, 2.05) is 0 Å². The van der Waals surface area contributed by atoms with Gasteiger partial charge in [-0.05, 0) is 43.2 Å². The molecule has 192 valence electrons. The number of hydrogen-bond donors (Lipinski definition) is 3. The van der Waals surface area contributed by atoms with Crippen molar-refractivity contribution >= 4 is 45.5 Å². The van der Waals surface area contributed by atoms with Crippen LogP contribution in [0.4, 0.5) is 21.0 Å². The molecule has 3 N–H and O–H groups in total. The lowest BCUT2D eigenvalue weighted by molar-refractivity contribution is -0.119. The number of hydrogen-bond acceptors (Lipinski definition) is 8. The Morgan fingerprint density at radius 3 is 2.25 bits per heavy atom. The fourth-order valence-electron chi connectivity index (χ4n) is 3.46. The molecule has 13 heteroatoms. The normalized spacial score (nSPS) is 14.0. The molecular formula is C23H26N4O8S. The van der Waals surface area contributed by atoms with E-state index in [9.17, 15) is 22.8 Å². The average Bonchev–Trinajstić information content (AvgIpc) is 3.40. The molecule has 0 heterocycles. The number of rotatable bonds is 6. The van der Waals surface area contributed by atoms with Gasteiger partial charge in [-0.25, -0.2) is 9.59 Å². The molecule has 0 unspecified atom stereocenters. The van der Waals surface area contributed by atoms with E-state index < -0.39 is 28.3 Å². The molecule has 0 aromatic heterocycles. The van der Waals surface area contributed by atoms with E-state index in [4.69, 9.17) is 4.18 Å². The summed E-state index contributed by atoms with van der Waals surface area (Å²) in [6, 6.07) is 11.7. The van der Waals surface area contributed by atoms with E-state index in [-0.39, 0.29) is 33.8 Å². The number of carbonyl (C=O) groups is 3. The molecule has 0 aliphatic heterocycles. The first-order valence-corrected chi connectivity index (χ1v) is 12.4. The molecule has 1 aliphatic rings. The first kappa shape index (κ1) is 26.5. The van der Waals surface area contributed by atoms with Crippen molar-refractivity contribution in [1.29, 1.82) is 0 Å². The number of nitrogens with one attached hydrogen (secondary N) is 3. The summed E-state index contributed by atoms with van der Waals surface area (Å²) in [6.07, 6.45) is 1.35. The summed E-state index contributed by atoms with van der Waals surface area (Å²) in [7, 11) is -2.09. The molecule has 2 aromatic rings. The molecule has 3 amide bonds. The van der Waals surface area contributed by atoms with Gasteiger partial charge in [0.25, 0.3) is 0 Å². The Morgan fingerprint density at radius 2 is 1.61 bits per heavy atom. The topological polar surface area (TPSA) is 161 Å². The van der Waals surface area contributed by atoms with Crippen molar-refractivity contribution in [1.82, 2.24) is 5.32 Å². The summed E-state index contributed by atoms with van der Waals surface area (Å²) in [5.41, 5.74) is 0.202. The molecule has 0 radical (unpaired) electrons. The Kier molecular flexibility index (Phi) is 8.84. The molecule has 36 heavy (non-hydrogen) atoms. The van der Waals surface area contributed by atoms with Crippen molar-refractivity contribution in [3.8, 4) is 5.75 Å². The smallest absolute Gasteiger partial charge is 0.436 e. The zero-order chi connectivity index (χ0) is 26.1. The predicted octanol–water partition coefficient (Wildman–Crippen LogP) is 3.47. The average molecular weight is 519 g/mol. The van der Waals surface area contributed by atoms with E-state index in [1.165, 1.54) is 30.3 Å². The van der Waals surface area contributed by atoms with Crippen molar-refractivity contribution < 1.29 is 36.5 Å². The standard InChI is InChI=1S/C23H26N4O8S/c1-33-22(29)26-21(27-23(30)34-2)25-19-14-17(36(31,32)35-16-10-4-3-5-11-16)12-13-18(19)24-20(28)15-8-6-7-9-15/h3-5,10-15H,6-9H2,1-2H3,(H,24,28)(H2,25,26,27,29,30). The third-order valence-corrected chi connectivity index (χ3v) is 6.49. The number of guanidine groups is 1. The van der Waals surface area contributed by atoms with Crippen molar-refractivity contribution in [3.63, 3.8) is 0 Å². The largest absolute Gasteiger partial charge is 0.453 e. The zero-order valence-electron chi connectivity index (χ0n) is 19.6. The molecule has 0 bridgehead atoms. The van der Waals surface area contributed by atoms with E-state index in [1.54, 1.807) is 18.2 Å². The van der Waals surface area contributed by atoms with Gasteiger partial charge in [0.2, 0.25) is 11.9 Å². The second-order valence-corrected chi connectivity index (χ2v) is 9.25. The summed E-state index contributed by atoms with van der Waals surface area (Å²) >= 11 is 0. The molecule has 1 saturated carbocycles. The van der Waals surface area contributed by atoms with Crippen LogP contribution in [0.15, 0.2) is 58.4 Å². The molecule has 12 nitrogen and oxygen atoms in total. The number of anilines is 2. The maximum absolute atomic E-state index is 12.9. The summed E-state index contributed by atoms with van der Waals surface area (Å²) in [6.45, 7) is 0. The molecule has 0 spiro atoms. The minimum atomic E-state index is -4.28. The summed E-state index contributed by atoms with van der Waals surface area (Å²) in [4.78, 5) is 39.5. The molecule has 0 saturated heterocycles. The van der Waals surface area contributed by atoms with Crippen LogP contribution in [0.2, 0.25) is 0 Å². The number of ether oxygens (including phenoxy) is 2. The Labute approximate surface area is 208 Å². The van der Waals surface area contributed by atoms with Gasteiger partial charge in [0.15, 0.2) is 0 Å². The lowest BCUT2D eigenvalue weighted by Gasteiger charge is -2.18. The van der Waals surface area contributed by atoms with E-state index in [0.717, 1.165) is 39.9 Å². The Balaban J connectivity index is 1.98. The highest BCUT2D eigenvalue weighted by Crippen LogP contribution is 2.30. The fraction of sp³-hybridized carbons (Fsp3) is 0.304. The summed E-state index contributed by atoms with van der Waals surface area (Å²) in [5, 5.41) is 7.62. The Morgan fingerprint density at radius 1 is 0.917 bits per heavy atom. The van der Waals surface area contributed by atoms with Crippen molar-refractivity contribution in [2.75, 3.05) is 24.9 Å². The number of nitrogens with zero attached hydrogens (tertiary/aromatic N) is 1. The minimum Gasteiger partial charge on any atom is -0.453 e. The lowest BCUT2D eigenvalue weighted by Crippen LogP contribution is -2.37. The monoisotopic (exact) mass is 518 g/mol. The van der Waals surface area contributed by atoms with Crippen LogP contribution in [0.25, 0.3) is 0 Å². The van der Waals surface area contributed by atoms with Crippen LogP contribution in [0.1, 0.15) is 25.7 Å². The summed E-state index contributed by atoms with van der Waals surface area (Å²) < 4.78 is 40.0. The van der Waals surface area contributed by atoms with Gasteiger partial charge in [-0.3, -0.25) is 10.1 Å². The SMILES string of the molecule is COC(=O)N=C(NC(=O)OC)Nc1cc(S(=O)(=O)Oc2ccccc2)ccc1NC(=O)C1CCCC1. The van der Waals surface area contributed by atoms with E-state index in [2.05, 4.69) is 30.4 Å². The molecule has 2 aromatic carbocycles. The second-order valence-electron chi connectivity index (χ2n) is 7.70. The Hall–Kier alpha value is -4.13. The highest BCUT2D eigenvalue weighted by atomic mass is 32.2. The lowest BCUT2D eigenvalue weighted by atomic mass is 10.1. The van der Waals surface area contributed by atoms with Crippen molar-refractivity contribution in [2.24, 2.45) is 10.9 Å². The van der Waals surface area contributed by atoms with Gasteiger partial charge in [-0.1, -0.05) is 31.0 Å². The number of carbonyl (C=O) groups excluding carboxylic acids is 3. The van der Waals surface area contributed by atoms with Crippen LogP contribution in [-0.2, 0) is 24.4 Å². The van der Waals surface area contributed by atoms with Gasteiger partial charge in [-0.2, -0.15) is 8.42 Å². The van der Waals surface area contributed by atoms with Crippen LogP contribution in [0.3, 0.4) is 0 Å². The van der Waals surface area contributed by atoms with E-state index >= 15 is 0 Å². The third-order valence-electron chi connectivity index (χ3n) is 5.25. The Bertz CT molecular complexity index is 1240. The third kappa shape index (κ3) is 7.18. The van der Waals surface area contributed by atoms with Crippen LogP contribution in [0, 0.1) is 5.92 Å². The van der Waals surface area contributed by atoms with Gasteiger partial charge in [0.05, 0.1) is 25.6 Å². The van der Waals surface area contributed by atoms with Gasteiger partial charge in [0, 0.05) is 5.92 Å². The van der Waals surface area contributed by atoms with Crippen LogP contribution >= 0.6 is 0 Å². The number of amides is 3. The van der Waals surface area contributed by atoms with Crippen molar-refractivity contribution in [3.05, 3.63) is 48.5 Å². The number of alkyl carbamates (subject to hydrolysis) is 1. The molecular weight excluding hydrogens is 492 g/mol. The maximum atomic E-state index is 12.9. The first-order chi connectivity index (χ1) is 17.2. The molecule has 1 fully saturated rings. The quantitative estimate of drug-likeness (QED) is 0.295. The highest BCUT2D eigenvalue weighted by Gasteiger charge is 2.25. The van der Waals surface area contributed by atoms with Crippen LogP contribution in [-0.4, -0.2) is 46.7 Å². The molecule has 3 rings (SSSR count). The highest BCUT2D eigenvalue weighted by molar-refractivity contribution is 7.87. The number of methoxy groups -OCH3 is 2. The predicted molar refractivity (Wildman–Crippen MR) is 130 cm³/mol. The van der Waals surface area contributed by atoms with Crippen LogP contribution < -0.4 is 20.1 Å². The van der Waals surface area contributed by atoms with Gasteiger partial charge in [-0.15, -0.1) is 4.99 Å². The van der Waals surface area contributed by atoms with Gasteiger partial charge < -0.3 is 24.3 Å². The molecule has 0 atom stereocenters. The van der Waals surface area contributed by atoms with E-state index in [0.29, 0.717) is 0 Å². The summed E-state index contributed by atoms with van der Waals surface area (Å²) in [5.74, 6) is -0.743. The fourth-order valence-corrected chi connectivity index (χ4v) is 4.42. The maximum Gasteiger partial charge on any atom is 0.436 e. The number of aliphatic imine (C=N–C) groups is 1. The van der Waals surface area contributed by atoms with Crippen molar-refractivity contribution in [2.45, 2.75) is 30.6 Å². The number of benzene rings is 2. The van der Waals surface area contributed by atoms with Gasteiger partial charge in [0.1, 0.15) is 10.6 Å². The zero-order valence-corrected chi connectivity index (χ0v) is 20.5. The molecule has 1 aliphatic carbocycles. The number of para-hydroxylation sites is 1. The second kappa shape index (κ2) is 12.0. The minimum absolute atomic E-state index is 0.0122. The first-order valence-electron chi connectivity index (χ1n) is 10.9. The van der Waals surface area contributed by atoms with Gasteiger partial charge >= 0.3 is 22.3 Å².